The molecule has 0 saturated heterocycles. The van der Waals surface area contributed by atoms with E-state index < -0.39 is 5.97 Å². The third kappa shape index (κ3) is 2.19. The van der Waals surface area contributed by atoms with Crippen molar-refractivity contribution in [3.8, 4) is 0 Å². The van der Waals surface area contributed by atoms with Gasteiger partial charge in [0.05, 0.1) is 11.3 Å². The number of hydrogen-bond acceptors (Lipinski definition) is 2. The summed E-state index contributed by atoms with van der Waals surface area (Å²) in [4.78, 5) is 11.5. The molecule has 21 heavy (non-hydrogen) atoms. The molecule has 1 aromatic carbocycles. The van der Waals surface area contributed by atoms with E-state index in [0.717, 1.165) is 11.6 Å². The smallest absolute Gasteiger partial charge is 0.338 e. The Morgan fingerprint density at radius 1 is 1.38 bits per heavy atom. The molecular formula is C17H22BrNO2. The molecule has 0 radical (unpaired) electrons. The molecule has 1 aromatic rings. The number of halogens is 1. The molecule has 114 valence electrons. The summed E-state index contributed by atoms with van der Waals surface area (Å²) in [5.41, 5.74) is 1.53. The highest BCUT2D eigenvalue weighted by atomic mass is 79.9. The number of carbonyl (C=O) groups is 1. The van der Waals surface area contributed by atoms with Crippen LogP contribution < -0.4 is 5.32 Å². The highest BCUT2D eigenvalue weighted by Crippen LogP contribution is 2.63. The van der Waals surface area contributed by atoms with Gasteiger partial charge in [-0.15, -0.1) is 0 Å². The number of fused-ring (bicyclic) bond motifs is 2. The molecule has 3 nitrogen and oxygen atoms in total. The monoisotopic (exact) mass is 351 g/mol. The first-order valence-electron chi connectivity index (χ1n) is 7.54. The summed E-state index contributed by atoms with van der Waals surface area (Å²) < 4.78 is 0.631. The molecule has 0 amide bonds. The number of hydrogen-bond donors (Lipinski definition) is 2. The van der Waals surface area contributed by atoms with Crippen molar-refractivity contribution in [3.63, 3.8) is 0 Å². The standard InChI is InChI=1S/C17H22BrNO2/c1-16(2)10-7-8-17(3,9-10)15(16)19-12-6-4-5-11(18)13(12)14(20)21/h4-6,10,15,19H,7-9H2,1-3H3,(H,20,21). The van der Waals surface area contributed by atoms with Crippen LogP contribution in [0.4, 0.5) is 5.69 Å². The number of nitrogens with one attached hydrogen (secondary N) is 1. The van der Waals surface area contributed by atoms with E-state index in [0.29, 0.717) is 16.1 Å². The van der Waals surface area contributed by atoms with E-state index in [1.54, 1.807) is 6.07 Å². The van der Waals surface area contributed by atoms with E-state index in [2.05, 4.69) is 42.0 Å². The predicted octanol–water partition coefficient (Wildman–Crippen LogP) is 4.77. The van der Waals surface area contributed by atoms with Crippen molar-refractivity contribution in [2.24, 2.45) is 16.7 Å². The third-order valence-corrected chi connectivity index (χ3v) is 6.46. The fourth-order valence-electron chi connectivity index (χ4n) is 4.68. The summed E-state index contributed by atoms with van der Waals surface area (Å²) in [7, 11) is 0. The summed E-state index contributed by atoms with van der Waals surface area (Å²) in [5.74, 6) is -0.156. The average molecular weight is 352 g/mol. The number of benzene rings is 1. The minimum atomic E-state index is -0.893. The molecule has 2 saturated carbocycles. The molecule has 3 rings (SSSR count). The van der Waals surface area contributed by atoms with Gasteiger partial charge in [-0.1, -0.05) is 26.8 Å². The largest absolute Gasteiger partial charge is 0.478 e. The van der Waals surface area contributed by atoms with E-state index >= 15 is 0 Å². The number of carboxylic acids is 1. The third-order valence-electron chi connectivity index (χ3n) is 5.80. The Morgan fingerprint density at radius 3 is 2.67 bits per heavy atom. The molecule has 0 spiro atoms. The molecule has 2 fully saturated rings. The first-order valence-corrected chi connectivity index (χ1v) is 8.33. The molecule has 3 atom stereocenters. The lowest BCUT2D eigenvalue weighted by molar-refractivity contribution is 0.0696. The first-order chi connectivity index (χ1) is 9.75. The van der Waals surface area contributed by atoms with Crippen molar-refractivity contribution in [2.45, 2.75) is 46.1 Å². The van der Waals surface area contributed by atoms with E-state index in [-0.39, 0.29) is 10.8 Å². The molecule has 0 heterocycles. The van der Waals surface area contributed by atoms with Gasteiger partial charge in [-0.2, -0.15) is 0 Å². The normalized spacial score (nSPS) is 33.1. The Morgan fingerprint density at radius 2 is 2.10 bits per heavy atom. The van der Waals surface area contributed by atoms with E-state index in [9.17, 15) is 9.90 Å². The van der Waals surface area contributed by atoms with Crippen LogP contribution in [0.25, 0.3) is 0 Å². The average Bonchev–Trinajstić information content (AvgIpc) is 2.85. The quantitative estimate of drug-likeness (QED) is 0.824. The molecule has 2 bridgehead atoms. The van der Waals surface area contributed by atoms with Gasteiger partial charge in [0.1, 0.15) is 0 Å². The summed E-state index contributed by atoms with van der Waals surface area (Å²) in [6.07, 6.45) is 3.77. The molecule has 2 N–H and O–H groups in total. The van der Waals surface area contributed by atoms with E-state index in [1.165, 1.54) is 19.3 Å². The minimum absolute atomic E-state index is 0.199. The van der Waals surface area contributed by atoms with Gasteiger partial charge in [0, 0.05) is 10.5 Å². The highest BCUT2D eigenvalue weighted by molar-refractivity contribution is 9.10. The fourth-order valence-corrected chi connectivity index (χ4v) is 5.22. The van der Waals surface area contributed by atoms with E-state index in [1.807, 2.05) is 12.1 Å². The van der Waals surface area contributed by atoms with Gasteiger partial charge in [-0.05, 0) is 64.1 Å². The van der Waals surface area contributed by atoms with Gasteiger partial charge in [0.2, 0.25) is 0 Å². The molecule has 4 heteroatoms. The zero-order chi connectivity index (χ0) is 15.4. The second-order valence-electron chi connectivity index (χ2n) is 7.46. The van der Waals surface area contributed by atoms with Crippen molar-refractivity contribution < 1.29 is 9.90 Å². The summed E-state index contributed by atoms with van der Waals surface area (Å²) in [6, 6.07) is 5.86. The Kier molecular flexibility index (Phi) is 3.36. The summed E-state index contributed by atoms with van der Waals surface area (Å²) in [6.45, 7) is 6.98. The topological polar surface area (TPSA) is 49.3 Å². The Balaban J connectivity index is 1.98. The Bertz CT molecular complexity index is 594. The van der Waals surface area contributed by atoms with Crippen LogP contribution in [0, 0.1) is 16.7 Å². The highest BCUT2D eigenvalue weighted by Gasteiger charge is 2.59. The van der Waals surface area contributed by atoms with Crippen LogP contribution in [0.2, 0.25) is 0 Å². The van der Waals surface area contributed by atoms with Gasteiger partial charge in [0.25, 0.3) is 0 Å². The number of carboxylic acid groups (broad SMARTS) is 1. The maximum Gasteiger partial charge on any atom is 0.338 e. The van der Waals surface area contributed by atoms with Crippen LogP contribution in [0.1, 0.15) is 50.4 Å². The molecular weight excluding hydrogens is 330 g/mol. The molecule has 0 aromatic heterocycles. The number of rotatable bonds is 3. The maximum atomic E-state index is 11.5. The van der Waals surface area contributed by atoms with Gasteiger partial charge >= 0.3 is 5.97 Å². The molecule has 2 aliphatic carbocycles. The molecule has 2 aliphatic rings. The second-order valence-corrected chi connectivity index (χ2v) is 8.31. The lowest BCUT2D eigenvalue weighted by Gasteiger charge is -2.44. The minimum Gasteiger partial charge on any atom is -0.478 e. The van der Waals surface area contributed by atoms with Crippen molar-refractivity contribution in [1.29, 1.82) is 0 Å². The van der Waals surface area contributed by atoms with Gasteiger partial charge in [-0.3, -0.25) is 0 Å². The van der Waals surface area contributed by atoms with Gasteiger partial charge in [-0.25, -0.2) is 4.79 Å². The second kappa shape index (κ2) is 4.73. The van der Waals surface area contributed by atoms with Crippen LogP contribution in [-0.4, -0.2) is 17.1 Å². The first kappa shape index (κ1) is 14.9. The molecule has 3 unspecified atom stereocenters. The zero-order valence-electron chi connectivity index (χ0n) is 12.7. The van der Waals surface area contributed by atoms with Crippen molar-refractivity contribution in [2.75, 3.05) is 5.32 Å². The SMILES string of the molecule is CC12CCC(C1)C(C)(C)C2Nc1cccc(Br)c1C(=O)O. The van der Waals surface area contributed by atoms with Crippen LogP contribution in [0.15, 0.2) is 22.7 Å². The van der Waals surface area contributed by atoms with Crippen molar-refractivity contribution >= 4 is 27.6 Å². The van der Waals surface area contributed by atoms with Gasteiger partial charge < -0.3 is 10.4 Å². The number of anilines is 1. The fraction of sp³-hybridized carbons (Fsp3) is 0.588. The maximum absolute atomic E-state index is 11.5. The Labute approximate surface area is 134 Å². The lowest BCUT2D eigenvalue weighted by Crippen LogP contribution is -2.46. The zero-order valence-corrected chi connectivity index (χ0v) is 14.3. The number of aromatic carboxylic acids is 1. The van der Waals surface area contributed by atoms with E-state index in [4.69, 9.17) is 0 Å². The van der Waals surface area contributed by atoms with Crippen LogP contribution >= 0.6 is 15.9 Å². The van der Waals surface area contributed by atoms with Crippen LogP contribution in [0.5, 0.6) is 0 Å². The van der Waals surface area contributed by atoms with Crippen molar-refractivity contribution in [1.82, 2.24) is 0 Å². The predicted molar refractivity (Wildman–Crippen MR) is 87.7 cm³/mol. The van der Waals surface area contributed by atoms with Crippen LogP contribution in [-0.2, 0) is 0 Å². The summed E-state index contributed by atoms with van der Waals surface area (Å²) in [5, 5.41) is 13.1. The lowest BCUT2D eigenvalue weighted by atomic mass is 9.68. The Hall–Kier alpha value is -1.03. The van der Waals surface area contributed by atoms with Gasteiger partial charge in [0.15, 0.2) is 0 Å². The van der Waals surface area contributed by atoms with Crippen LogP contribution in [0.3, 0.4) is 0 Å². The summed E-state index contributed by atoms with van der Waals surface area (Å²) >= 11 is 3.36. The van der Waals surface area contributed by atoms with Crippen molar-refractivity contribution in [3.05, 3.63) is 28.2 Å². The molecule has 0 aliphatic heterocycles.